The van der Waals surface area contributed by atoms with Crippen molar-refractivity contribution in [1.29, 1.82) is 0 Å². The van der Waals surface area contributed by atoms with Gasteiger partial charge in [-0.15, -0.1) is 0 Å². The summed E-state index contributed by atoms with van der Waals surface area (Å²) in [7, 11) is -1.99. The third-order valence-corrected chi connectivity index (χ3v) is 6.39. The summed E-state index contributed by atoms with van der Waals surface area (Å²) in [6.45, 7) is 5.48. The summed E-state index contributed by atoms with van der Waals surface area (Å²) in [4.78, 5) is 18.5. The molecule has 0 aromatic carbocycles. The minimum Gasteiger partial charge on any atom is -0.405 e. The van der Waals surface area contributed by atoms with Crippen LogP contribution in [0.5, 0.6) is 0 Å². The van der Waals surface area contributed by atoms with Gasteiger partial charge in [-0.05, 0) is 48.9 Å². The molecule has 1 aliphatic rings. The first-order chi connectivity index (χ1) is 13.8. The lowest BCUT2D eigenvalue weighted by Gasteiger charge is -2.18. The molecule has 0 saturated heterocycles. The normalized spacial score (nSPS) is 15.2. The zero-order chi connectivity index (χ0) is 21.4. The van der Waals surface area contributed by atoms with Gasteiger partial charge < -0.3 is 16.0 Å². The molecule has 0 aliphatic carbocycles. The SMILES string of the molecule is C/C=C\C1=C(/C=C\N)CN(C(=O)NCc2ccc(S(=O)(=O)N(C)CCC)cn2)C1. The highest BCUT2D eigenvalue weighted by Gasteiger charge is 2.23. The molecule has 9 heteroatoms. The Kier molecular flexibility index (Phi) is 7.98. The molecule has 2 heterocycles. The number of nitrogens with zero attached hydrogens (tertiary/aromatic N) is 3. The van der Waals surface area contributed by atoms with Crippen LogP contribution in [0, 0.1) is 0 Å². The Morgan fingerprint density at radius 2 is 2.00 bits per heavy atom. The zero-order valence-corrected chi connectivity index (χ0v) is 17.9. The van der Waals surface area contributed by atoms with Gasteiger partial charge in [0.1, 0.15) is 4.90 Å². The second-order valence-corrected chi connectivity index (χ2v) is 8.78. The van der Waals surface area contributed by atoms with Crippen molar-refractivity contribution in [3.8, 4) is 0 Å². The van der Waals surface area contributed by atoms with Crippen LogP contribution >= 0.6 is 0 Å². The van der Waals surface area contributed by atoms with Crippen LogP contribution in [0.15, 0.2) is 58.8 Å². The average molecular weight is 420 g/mol. The van der Waals surface area contributed by atoms with Crippen LogP contribution in [0.3, 0.4) is 0 Å². The maximum atomic E-state index is 12.5. The van der Waals surface area contributed by atoms with Crippen molar-refractivity contribution in [2.75, 3.05) is 26.7 Å². The number of nitrogens with one attached hydrogen (secondary N) is 1. The maximum absolute atomic E-state index is 12.5. The van der Waals surface area contributed by atoms with Crippen molar-refractivity contribution in [3.63, 3.8) is 0 Å². The number of aromatic nitrogens is 1. The van der Waals surface area contributed by atoms with Crippen molar-refractivity contribution in [2.24, 2.45) is 5.73 Å². The number of carbonyl (C=O) groups excluding carboxylic acids is 1. The number of allylic oxidation sites excluding steroid dienone is 1. The summed E-state index contributed by atoms with van der Waals surface area (Å²) in [5.74, 6) is 0. The van der Waals surface area contributed by atoms with E-state index in [1.165, 1.54) is 22.8 Å². The third-order valence-electron chi connectivity index (χ3n) is 4.55. The zero-order valence-electron chi connectivity index (χ0n) is 17.1. The lowest BCUT2D eigenvalue weighted by atomic mass is 10.1. The van der Waals surface area contributed by atoms with E-state index in [9.17, 15) is 13.2 Å². The van der Waals surface area contributed by atoms with E-state index in [0.717, 1.165) is 17.6 Å². The third kappa shape index (κ3) is 5.68. The molecular weight excluding hydrogens is 390 g/mol. The predicted octanol–water partition coefficient (Wildman–Crippen LogP) is 1.98. The van der Waals surface area contributed by atoms with E-state index in [1.54, 1.807) is 24.1 Å². The van der Waals surface area contributed by atoms with Gasteiger partial charge in [-0.3, -0.25) is 4.98 Å². The van der Waals surface area contributed by atoms with Gasteiger partial charge in [0, 0.05) is 32.9 Å². The minimum absolute atomic E-state index is 0.140. The average Bonchev–Trinajstić information content (AvgIpc) is 3.10. The predicted molar refractivity (Wildman–Crippen MR) is 113 cm³/mol. The van der Waals surface area contributed by atoms with Crippen LogP contribution in [0.25, 0.3) is 0 Å². The summed E-state index contributed by atoms with van der Waals surface area (Å²) in [6.07, 6.45) is 9.24. The Bertz CT molecular complexity index is 881. The number of pyridine rings is 1. The van der Waals surface area contributed by atoms with Crippen LogP contribution in [0.4, 0.5) is 4.79 Å². The van der Waals surface area contributed by atoms with Crippen molar-refractivity contribution in [2.45, 2.75) is 31.7 Å². The van der Waals surface area contributed by atoms with Crippen LogP contribution < -0.4 is 11.1 Å². The molecule has 158 valence electrons. The van der Waals surface area contributed by atoms with E-state index in [-0.39, 0.29) is 17.5 Å². The van der Waals surface area contributed by atoms with Gasteiger partial charge in [-0.1, -0.05) is 19.1 Å². The molecule has 1 aromatic rings. The Morgan fingerprint density at radius 1 is 1.31 bits per heavy atom. The molecule has 0 saturated carbocycles. The lowest BCUT2D eigenvalue weighted by Crippen LogP contribution is -2.38. The summed E-state index contributed by atoms with van der Waals surface area (Å²) in [6, 6.07) is 2.92. The second kappa shape index (κ2) is 10.2. The van der Waals surface area contributed by atoms with E-state index < -0.39 is 10.0 Å². The Balaban J connectivity index is 1.96. The van der Waals surface area contributed by atoms with Gasteiger partial charge in [0.15, 0.2) is 0 Å². The van der Waals surface area contributed by atoms with Gasteiger partial charge in [-0.25, -0.2) is 17.5 Å². The first-order valence-electron chi connectivity index (χ1n) is 9.50. The van der Waals surface area contributed by atoms with Gasteiger partial charge in [0.05, 0.1) is 12.2 Å². The molecule has 0 spiro atoms. The molecule has 0 atom stereocenters. The molecule has 29 heavy (non-hydrogen) atoms. The fraction of sp³-hybridized carbons (Fsp3) is 0.400. The lowest BCUT2D eigenvalue weighted by molar-refractivity contribution is 0.209. The number of nitrogens with two attached hydrogens (primary N) is 1. The van der Waals surface area contributed by atoms with Crippen LogP contribution in [0.2, 0.25) is 0 Å². The van der Waals surface area contributed by atoms with Gasteiger partial charge >= 0.3 is 6.03 Å². The Hall–Kier alpha value is -2.65. The molecule has 0 bridgehead atoms. The molecule has 8 nitrogen and oxygen atoms in total. The minimum atomic E-state index is -3.54. The quantitative estimate of drug-likeness (QED) is 0.670. The van der Waals surface area contributed by atoms with E-state index in [2.05, 4.69) is 10.3 Å². The second-order valence-electron chi connectivity index (χ2n) is 6.74. The molecule has 1 aliphatic heterocycles. The fourth-order valence-corrected chi connectivity index (χ4v) is 4.22. The summed E-state index contributed by atoms with van der Waals surface area (Å²) < 4.78 is 26.2. The summed E-state index contributed by atoms with van der Waals surface area (Å²) >= 11 is 0. The van der Waals surface area contributed by atoms with Crippen molar-refractivity contribution >= 4 is 16.1 Å². The number of sulfonamides is 1. The number of hydrogen-bond acceptors (Lipinski definition) is 5. The largest absolute Gasteiger partial charge is 0.405 e. The Morgan fingerprint density at radius 3 is 2.55 bits per heavy atom. The van der Waals surface area contributed by atoms with E-state index in [1.807, 2.05) is 26.0 Å². The van der Waals surface area contributed by atoms with Gasteiger partial charge in [-0.2, -0.15) is 0 Å². The highest BCUT2D eigenvalue weighted by atomic mass is 32.2. The first kappa shape index (κ1) is 22.6. The van der Waals surface area contributed by atoms with Crippen molar-refractivity contribution in [3.05, 3.63) is 59.6 Å². The summed E-state index contributed by atoms with van der Waals surface area (Å²) in [5.41, 5.74) is 8.12. The fourth-order valence-electron chi connectivity index (χ4n) is 3.01. The summed E-state index contributed by atoms with van der Waals surface area (Å²) in [5, 5.41) is 2.83. The first-order valence-corrected chi connectivity index (χ1v) is 10.9. The number of hydrogen-bond donors (Lipinski definition) is 2. The van der Waals surface area contributed by atoms with E-state index >= 15 is 0 Å². The van der Waals surface area contributed by atoms with Gasteiger partial charge in [0.2, 0.25) is 10.0 Å². The molecule has 2 rings (SSSR count). The van der Waals surface area contributed by atoms with Crippen LogP contribution in [-0.2, 0) is 16.6 Å². The number of rotatable bonds is 8. The molecule has 1 aromatic heterocycles. The molecule has 0 fully saturated rings. The smallest absolute Gasteiger partial charge is 0.318 e. The standard InChI is InChI=1S/C20H29N5O3S/c1-4-6-16-14-25(15-17(16)9-10-21)20(26)23-12-18-7-8-19(13-22-18)29(27,28)24(3)11-5-2/h4,6-10,13H,5,11-12,14-15,21H2,1-3H3,(H,23,26)/b6-4-,10-9-. The van der Waals surface area contributed by atoms with Crippen LogP contribution in [-0.4, -0.2) is 55.3 Å². The maximum Gasteiger partial charge on any atom is 0.318 e. The topological polar surface area (TPSA) is 109 Å². The van der Waals surface area contributed by atoms with E-state index in [4.69, 9.17) is 5.73 Å². The van der Waals surface area contributed by atoms with Crippen molar-refractivity contribution < 1.29 is 13.2 Å². The highest BCUT2D eigenvalue weighted by Crippen LogP contribution is 2.20. The number of amides is 2. The number of carbonyl (C=O) groups is 1. The molecular formula is C20H29N5O3S. The molecule has 2 amide bonds. The highest BCUT2D eigenvalue weighted by molar-refractivity contribution is 7.89. The van der Waals surface area contributed by atoms with Crippen LogP contribution in [0.1, 0.15) is 26.0 Å². The molecule has 0 radical (unpaired) electrons. The molecule has 0 unspecified atom stereocenters. The van der Waals surface area contributed by atoms with Crippen molar-refractivity contribution in [1.82, 2.24) is 19.5 Å². The van der Waals surface area contributed by atoms with Gasteiger partial charge in [0.25, 0.3) is 0 Å². The van der Waals surface area contributed by atoms with E-state index in [0.29, 0.717) is 25.3 Å². The monoisotopic (exact) mass is 419 g/mol. The number of urea groups is 1. The molecule has 3 N–H and O–H groups in total. The Labute approximate surface area is 172 Å².